The van der Waals surface area contributed by atoms with Crippen LogP contribution in [0.3, 0.4) is 0 Å². The van der Waals surface area contributed by atoms with Gasteiger partial charge in [-0.25, -0.2) is 4.98 Å². The third-order valence-electron chi connectivity index (χ3n) is 3.00. The number of hydrogen-bond acceptors (Lipinski definition) is 7. The van der Waals surface area contributed by atoms with E-state index in [-0.39, 0.29) is 0 Å². The molecule has 0 bridgehead atoms. The van der Waals surface area contributed by atoms with Gasteiger partial charge in [0.25, 0.3) is 0 Å². The Morgan fingerprint density at radius 3 is 2.67 bits per heavy atom. The van der Waals surface area contributed by atoms with Gasteiger partial charge in [0, 0.05) is 32.4 Å². The number of aliphatic hydroxyl groups excluding tert-OH is 2. The molecule has 7 heteroatoms. The van der Waals surface area contributed by atoms with E-state index in [2.05, 4.69) is 10.3 Å². The summed E-state index contributed by atoms with van der Waals surface area (Å²) in [6.45, 7) is 1.82. The molecule has 1 fully saturated rings. The minimum absolute atomic E-state index is 0.367. The van der Waals surface area contributed by atoms with Crippen LogP contribution in [0, 0.1) is 0 Å². The van der Waals surface area contributed by atoms with Gasteiger partial charge in [-0.2, -0.15) is 0 Å². The fourth-order valence-electron chi connectivity index (χ4n) is 2.04. The van der Waals surface area contributed by atoms with Gasteiger partial charge in [-0.3, -0.25) is 0 Å². The van der Waals surface area contributed by atoms with E-state index in [0.29, 0.717) is 37.7 Å². The molecule has 1 aliphatic heterocycles. The summed E-state index contributed by atoms with van der Waals surface area (Å²) in [6, 6.07) is 1.77. The van der Waals surface area contributed by atoms with Crippen molar-refractivity contribution in [2.75, 3.05) is 42.1 Å². The maximum absolute atomic E-state index is 9.55. The molecular formula is C11H19N5O2. The van der Waals surface area contributed by atoms with Gasteiger partial charge in [0.1, 0.15) is 0 Å². The molecule has 2 rings (SSSR count). The highest BCUT2D eigenvalue weighted by Gasteiger charge is 2.30. The van der Waals surface area contributed by atoms with Crippen LogP contribution >= 0.6 is 0 Å². The summed E-state index contributed by atoms with van der Waals surface area (Å²) in [6.07, 6.45) is 0.165. The Morgan fingerprint density at radius 1 is 1.39 bits per heavy atom. The number of nitrogen functional groups attached to an aromatic ring is 1. The first kappa shape index (κ1) is 12.9. The number of aromatic nitrogens is 1. The van der Waals surface area contributed by atoms with Crippen molar-refractivity contribution in [3.8, 4) is 0 Å². The summed E-state index contributed by atoms with van der Waals surface area (Å²) in [5.74, 6) is 0.578. The Balaban J connectivity index is 2.18. The third kappa shape index (κ3) is 2.47. The summed E-state index contributed by atoms with van der Waals surface area (Å²) < 4.78 is 0. The molecule has 1 saturated heterocycles. The van der Waals surface area contributed by atoms with Crippen molar-refractivity contribution in [2.45, 2.75) is 12.2 Å². The van der Waals surface area contributed by atoms with Crippen LogP contribution in [0.25, 0.3) is 0 Å². The molecule has 0 saturated carbocycles. The molecule has 7 nitrogen and oxygen atoms in total. The number of pyridine rings is 1. The Morgan fingerprint density at radius 2 is 2.06 bits per heavy atom. The topological polar surface area (TPSA) is 121 Å². The number of aliphatic hydroxyl groups is 2. The minimum Gasteiger partial charge on any atom is -0.394 e. The fourth-order valence-corrected chi connectivity index (χ4v) is 2.04. The van der Waals surface area contributed by atoms with Crippen LogP contribution in [-0.4, -0.2) is 53.6 Å². The quantitative estimate of drug-likeness (QED) is 0.446. The van der Waals surface area contributed by atoms with Gasteiger partial charge in [0.05, 0.1) is 23.6 Å². The zero-order valence-electron chi connectivity index (χ0n) is 10.1. The van der Waals surface area contributed by atoms with Crippen LogP contribution in [0.15, 0.2) is 12.3 Å². The lowest BCUT2D eigenvalue weighted by molar-refractivity contribution is 0.0572. The molecule has 7 N–H and O–H groups in total. The Kier molecular flexibility index (Phi) is 3.85. The van der Waals surface area contributed by atoms with Crippen molar-refractivity contribution in [2.24, 2.45) is 5.73 Å². The number of anilines is 3. The van der Waals surface area contributed by atoms with E-state index < -0.39 is 12.2 Å². The van der Waals surface area contributed by atoms with Crippen molar-refractivity contribution < 1.29 is 10.2 Å². The zero-order chi connectivity index (χ0) is 13.1. The standard InChI is InChI=1S/C11H19N5O2/c12-2-4-15-11-10(13)7(1-3-14-11)16-5-8(17)9(18)6-16/h1,3,8-9,17-18H,2,4-6,12-13H2,(H,14,15). The summed E-state index contributed by atoms with van der Waals surface area (Å²) in [5.41, 5.74) is 12.7. The van der Waals surface area contributed by atoms with Crippen LogP contribution < -0.4 is 21.7 Å². The van der Waals surface area contributed by atoms with Gasteiger partial charge in [-0.1, -0.05) is 0 Å². The number of nitrogens with two attached hydrogens (primary N) is 2. The van der Waals surface area contributed by atoms with Gasteiger partial charge < -0.3 is 31.9 Å². The van der Waals surface area contributed by atoms with Crippen LogP contribution in [0.2, 0.25) is 0 Å². The molecule has 2 heterocycles. The molecule has 0 radical (unpaired) electrons. The average Bonchev–Trinajstić information content (AvgIpc) is 2.68. The second kappa shape index (κ2) is 5.38. The van der Waals surface area contributed by atoms with Crippen LogP contribution in [-0.2, 0) is 0 Å². The summed E-state index contributed by atoms with van der Waals surface area (Å²) in [5, 5.41) is 22.1. The van der Waals surface area contributed by atoms with Crippen molar-refractivity contribution in [3.05, 3.63) is 12.3 Å². The van der Waals surface area contributed by atoms with Crippen molar-refractivity contribution >= 4 is 17.2 Å². The molecule has 0 aliphatic carbocycles. The lowest BCUT2D eigenvalue weighted by Crippen LogP contribution is -2.23. The van der Waals surface area contributed by atoms with Gasteiger partial charge in [0.15, 0.2) is 5.82 Å². The number of nitrogens with one attached hydrogen (secondary N) is 1. The molecule has 1 aliphatic rings. The van der Waals surface area contributed by atoms with Crippen molar-refractivity contribution in [3.63, 3.8) is 0 Å². The summed E-state index contributed by atoms with van der Waals surface area (Å²) in [7, 11) is 0. The normalized spacial score (nSPS) is 23.4. The van der Waals surface area contributed by atoms with Crippen molar-refractivity contribution in [1.29, 1.82) is 0 Å². The molecule has 0 amide bonds. The molecule has 0 spiro atoms. The van der Waals surface area contributed by atoms with Crippen LogP contribution in [0.5, 0.6) is 0 Å². The first-order valence-corrected chi connectivity index (χ1v) is 5.93. The molecule has 1 aromatic rings. The lowest BCUT2D eigenvalue weighted by atomic mass is 10.3. The maximum Gasteiger partial charge on any atom is 0.151 e. The van der Waals surface area contributed by atoms with E-state index in [1.807, 2.05) is 4.90 Å². The Hall–Kier alpha value is -1.57. The van der Waals surface area contributed by atoms with Gasteiger partial charge in [0.2, 0.25) is 0 Å². The summed E-state index contributed by atoms with van der Waals surface area (Å²) >= 11 is 0. The third-order valence-corrected chi connectivity index (χ3v) is 3.00. The molecule has 2 unspecified atom stereocenters. The monoisotopic (exact) mass is 253 g/mol. The molecule has 1 aromatic heterocycles. The second-order valence-corrected chi connectivity index (χ2v) is 4.35. The minimum atomic E-state index is -0.738. The van der Waals surface area contributed by atoms with Gasteiger partial charge in [-0.05, 0) is 6.07 Å². The molecule has 100 valence electrons. The summed E-state index contributed by atoms with van der Waals surface area (Å²) in [4.78, 5) is 5.99. The smallest absolute Gasteiger partial charge is 0.151 e. The first-order valence-electron chi connectivity index (χ1n) is 5.93. The van der Waals surface area contributed by atoms with E-state index in [4.69, 9.17) is 11.5 Å². The lowest BCUT2D eigenvalue weighted by Gasteiger charge is -2.21. The van der Waals surface area contributed by atoms with Crippen LogP contribution in [0.4, 0.5) is 17.2 Å². The number of rotatable bonds is 4. The second-order valence-electron chi connectivity index (χ2n) is 4.35. The number of β-amino-alcohol motifs (C(OH)–C–C–N with tert-alkyl or cyclic N) is 2. The highest BCUT2D eigenvalue weighted by molar-refractivity contribution is 5.78. The van der Waals surface area contributed by atoms with E-state index >= 15 is 0 Å². The van der Waals surface area contributed by atoms with Gasteiger partial charge in [-0.15, -0.1) is 0 Å². The average molecular weight is 253 g/mol. The highest BCUT2D eigenvalue weighted by atomic mass is 16.3. The Bertz CT molecular complexity index is 404. The SMILES string of the molecule is NCCNc1nccc(N2CC(O)C(O)C2)c1N. The molecule has 18 heavy (non-hydrogen) atoms. The maximum atomic E-state index is 9.55. The fraction of sp³-hybridized carbons (Fsp3) is 0.545. The van der Waals surface area contributed by atoms with Crippen LogP contribution in [0.1, 0.15) is 0 Å². The van der Waals surface area contributed by atoms with E-state index in [9.17, 15) is 10.2 Å². The van der Waals surface area contributed by atoms with Crippen molar-refractivity contribution in [1.82, 2.24) is 4.98 Å². The predicted molar refractivity (Wildman–Crippen MR) is 70.4 cm³/mol. The Labute approximate surface area is 105 Å². The number of nitrogens with zero attached hydrogens (tertiary/aromatic N) is 2. The van der Waals surface area contributed by atoms with Gasteiger partial charge >= 0.3 is 0 Å². The predicted octanol–water partition coefficient (Wildman–Crippen LogP) is -1.42. The number of hydrogen-bond donors (Lipinski definition) is 5. The molecular weight excluding hydrogens is 234 g/mol. The van der Waals surface area contributed by atoms with E-state index in [1.165, 1.54) is 0 Å². The van der Waals surface area contributed by atoms with E-state index in [1.54, 1.807) is 12.3 Å². The zero-order valence-corrected chi connectivity index (χ0v) is 10.1. The largest absolute Gasteiger partial charge is 0.394 e. The first-order chi connectivity index (χ1) is 8.63. The molecule has 2 atom stereocenters. The highest BCUT2D eigenvalue weighted by Crippen LogP contribution is 2.30. The van der Waals surface area contributed by atoms with E-state index in [0.717, 1.165) is 5.69 Å². The molecule has 0 aromatic carbocycles.